The zero-order valence-electron chi connectivity index (χ0n) is 10.2. The first-order valence-corrected chi connectivity index (χ1v) is 6.83. The van der Waals surface area contributed by atoms with Crippen molar-refractivity contribution in [3.8, 4) is 0 Å². The largest absolute Gasteiger partial charge is 0.382 e. The number of aromatic nitrogens is 2. The summed E-state index contributed by atoms with van der Waals surface area (Å²) in [6, 6.07) is 0. The normalized spacial score (nSPS) is 23.9. The fraction of sp³-hybridized carbons (Fsp3) is 0.667. The van der Waals surface area contributed by atoms with Crippen LogP contribution >= 0.6 is 15.9 Å². The Kier molecular flexibility index (Phi) is 3.86. The number of hydrogen-bond acceptors (Lipinski definition) is 3. The van der Waals surface area contributed by atoms with E-state index in [0.717, 1.165) is 24.1 Å². The molecular weight excluding hydrogens is 282 g/mol. The van der Waals surface area contributed by atoms with Crippen LogP contribution in [0.2, 0.25) is 0 Å². The van der Waals surface area contributed by atoms with Gasteiger partial charge in [-0.05, 0) is 40.6 Å². The molecule has 0 aromatic carbocycles. The summed E-state index contributed by atoms with van der Waals surface area (Å²) in [5, 5.41) is 7.33. The molecule has 5 heteroatoms. The van der Waals surface area contributed by atoms with Crippen molar-refractivity contribution in [3.05, 3.63) is 21.0 Å². The summed E-state index contributed by atoms with van der Waals surface area (Å²) in [5.41, 5.74) is 0.697. The van der Waals surface area contributed by atoms with Gasteiger partial charge in [-0.25, -0.2) is 4.68 Å². The summed E-state index contributed by atoms with van der Waals surface area (Å²) >= 11 is 3.32. The predicted molar refractivity (Wildman–Crippen MR) is 72.2 cm³/mol. The van der Waals surface area contributed by atoms with Gasteiger partial charge in [0.1, 0.15) is 4.47 Å². The van der Waals surface area contributed by atoms with Gasteiger partial charge < -0.3 is 5.32 Å². The summed E-state index contributed by atoms with van der Waals surface area (Å²) in [4.78, 5) is 11.7. The standard InChI is InChI=1S/C12H18BrN3O/c1-8-3-4-9(5-8)6-14-10-7-15-16(2)12(17)11(10)13/h7-9,14H,3-6H2,1-2H3. The molecule has 1 aliphatic rings. The quantitative estimate of drug-likeness (QED) is 0.932. The van der Waals surface area contributed by atoms with E-state index in [9.17, 15) is 4.79 Å². The fourth-order valence-electron chi connectivity index (χ4n) is 2.40. The van der Waals surface area contributed by atoms with Crippen LogP contribution in [0.1, 0.15) is 26.2 Å². The molecule has 1 fully saturated rings. The summed E-state index contributed by atoms with van der Waals surface area (Å²) < 4.78 is 1.90. The lowest BCUT2D eigenvalue weighted by atomic mass is 10.1. The minimum absolute atomic E-state index is 0.102. The number of hydrogen-bond donors (Lipinski definition) is 1. The Hall–Kier alpha value is -0.840. The van der Waals surface area contributed by atoms with Gasteiger partial charge in [0.2, 0.25) is 0 Å². The molecule has 0 bridgehead atoms. The van der Waals surface area contributed by atoms with Crippen molar-refractivity contribution in [1.82, 2.24) is 9.78 Å². The first kappa shape index (κ1) is 12.6. The number of nitrogens with one attached hydrogen (secondary N) is 1. The zero-order valence-corrected chi connectivity index (χ0v) is 11.8. The first-order valence-electron chi connectivity index (χ1n) is 6.03. The molecule has 1 aromatic heterocycles. The van der Waals surface area contributed by atoms with E-state index in [1.54, 1.807) is 13.2 Å². The molecule has 0 radical (unpaired) electrons. The molecular formula is C12H18BrN3O. The molecule has 94 valence electrons. The highest BCUT2D eigenvalue weighted by molar-refractivity contribution is 9.10. The van der Waals surface area contributed by atoms with Crippen LogP contribution in [0.5, 0.6) is 0 Å². The minimum atomic E-state index is -0.102. The van der Waals surface area contributed by atoms with Gasteiger partial charge in [0.15, 0.2) is 0 Å². The van der Waals surface area contributed by atoms with Gasteiger partial charge in [0.05, 0.1) is 11.9 Å². The summed E-state index contributed by atoms with van der Waals surface area (Å²) in [5.74, 6) is 1.56. The predicted octanol–water partition coefficient (Wildman–Crippen LogP) is 2.39. The van der Waals surface area contributed by atoms with E-state index in [1.165, 1.54) is 23.9 Å². The van der Waals surface area contributed by atoms with Gasteiger partial charge in [-0.2, -0.15) is 5.10 Å². The molecule has 1 aromatic rings. The van der Waals surface area contributed by atoms with Crippen LogP contribution in [0.4, 0.5) is 5.69 Å². The Morgan fingerprint density at radius 3 is 3.00 bits per heavy atom. The van der Waals surface area contributed by atoms with Crippen LogP contribution in [0.3, 0.4) is 0 Å². The summed E-state index contributed by atoms with van der Waals surface area (Å²) in [6.07, 6.45) is 5.58. The highest BCUT2D eigenvalue weighted by Gasteiger charge is 2.21. The second kappa shape index (κ2) is 5.21. The zero-order chi connectivity index (χ0) is 12.4. The van der Waals surface area contributed by atoms with Crippen molar-refractivity contribution in [3.63, 3.8) is 0 Å². The van der Waals surface area contributed by atoms with Gasteiger partial charge >= 0.3 is 0 Å². The molecule has 17 heavy (non-hydrogen) atoms. The second-order valence-corrected chi connectivity index (χ2v) is 5.76. The van der Waals surface area contributed by atoms with Crippen molar-refractivity contribution < 1.29 is 0 Å². The van der Waals surface area contributed by atoms with Gasteiger partial charge in [-0.1, -0.05) is 13.3 Å². The second-order valence-electron chi connectivity index (χ2n) is 4.97. The van der Waals surface area contributed by atoms with Gasteiger partial charge in [-0.15, -0.1) is 0 Å². The maximum absolute atomic E-state index is 11.7. The van der Waals surface area contributed by atoms with E-state index in [0.29, 0.717) is 4.47 Å². The number of rotatable bonds is 3. The van der Waals surface area contributed by atoms with E-state index in [4.69, 9.17) is 0 Å². The molecule has 1 saturated carbocycles. The highest BCUT2D eigenvalue weighted by atomic mass is 79.9. The molecule has 2 atom stereocenters. The van der Waals surface area contributed by atoms with Crippen LogP contribution in [0.15, 0.2) is 15.5 Å². The maximum atomic E-state index is 11.7. The van der Waals surface area contributed by atoms with E-state index in [2.05, 4.69) is 33.3 Å². The van der Waals surface area contributed by atoms with Crippen LogP contribution in [-0.2, 0) is 7.05 Å². The van der Waals surface area contributed by atoms with Crippen LogP contribution in [-0.4, -0.2) is 16.3 Å². The Morgan fingerprint density at radius 2 is 2.35 bits per heavy atom. The van der Waals surface area contributed by atoms with Gasteiger partial charge in [0.25, 0.3) is 5.56 Å². The molecule has 0 saturated heterocycles. The van der Waals surface area contributed by atoms with Crippen LogP contribution in [0, 0.1) is 11.8 Å². The number of nitrogens with zero attached hydrogens (tertiary/aromatic N) is 2. The SMILES string of the molecule is CC1CCC(CNc2cnn(C)c(=O)c2Br)C1. The molecule has 0 aliphatic heterocycles. The number of aryl methyl sites for hydroxylation is 1. The topological polar surface area (TPSA) is 46.9 Å². The molecule has 2 rings (SSSR count). The van der Waals surface area contributed by atoms with Crippen molar-refractivity contribution in [1.29, 1.82) is 0 Å². The third kappa shape index (κ3) is 2.89. The molecule has 0 amide bonds. The molecule has 1 heterocycles. The monoisotopic (exact) mass is 299 g/mol. The minimum Gasteiger partial charge on any atom is -0.382 e. The van der Waals surface area contributed by atoms with E-state index >= 15 is 0 Å². The first-order chi connectivity index (χ1) is 8.08. The Labute approximate surface area is 110 Å². The van der Waals surface area contributed by atoms with Crippen molar-refractivity contribution in [2.75, 3.05) is 11.9 Å². The lowest BCUT2D eigenvalue weighted by Gasteiger charge is -2.13. The third-order valence-corrected chi connectivity index (χ3v) is 4.23. The van der Waals surface area contributed by atoms with Gasteiger partial charge in [0, 0.05) is 13.6 Å². The molecule has 0 spiro atoms. The summed E-state index contributed by atoms with van der Waals surface area (Å²) in [6.45, 7) is 3.23. The lowest BCUT2D eigenvalue weighted by Crippen LogP contribution is -2.22. The highest BCUT2D eigenvalue weighted by Crippen LogP contribution is 2.30. The molecule has 2 unspecified atom stereocenters. The fourth-order valence-corrected chi connectivity index (χ4v) is 2.90. The van der Waals surface area contributed by atoms with Crippen LogP contribution in [0.25, 0.3) is 0 Å². The lowest BCUT2D eigenvalue weighted by molar-refractivity contribution is 0.536. The maximum Gasteiger partial charge on any atom is 0.282 e. The number of halogens is 1. The third-order valence-electron chi connectivity index (χ3n) is 3.46. The smallest absolute Gasteiger partial charge is 0.282 e. The van der Waals surface area contributed by atoms with Gasteiger partial charge in [-0.3, -0.25) is 4.79 Å². The average Bonchev–Trinajstić information content (AvgIpc) is 2.71. The molecule has 4 nitrogen and oxygen atoms in total. The Bertz CT molecular complexity index is 458. The summed E-state index contributed by atoms with van der Waals surface area (Å²) in [7, 11) is 1.65. The van der Waals surface area contributed by atoms with E-state index < -0.39 is 0 Å². The Balaban J connectivity index is 2.00. The van der Waals surface area contributed by atoms with Crippen molar-refractivity contribution in [2.45, 2.75) is 26.2 Å². The number of anilines is 1. The Morgan fingerprint density at radius 1 is 1.59 bits per heavy atom. The van der Waals surface area contributed by atoms with Crippen molar-refractivity contribution in [2.24, 2.45) is 18.9 Å². The molecule has 1 aliphatic carbocycles. The van der Waals surface area contributed by atoms with E-state index in [-0.39, 0.29) is 5.56 Å². The van der Waals surface area contributed by atoms with Crippen molar-refractivity contribution >= 4 is 21.6 Å². The van der Waals surface area contributed by atoms with E-state index in [1.807, 2.05) is 0 Å². The van der Waals surface area contributed by atoms with Crippen LogP contribution < -0.4 is 10.9 Å². The molecule has 1 N–H and O–H groups in total. The average molecular weight is 300 g/mol.